The fourth-order valence-corrected chi connectivity index (χ4v) is 4.40. The topological polar surface area (TPSA) is 34.1 Å². The van der Waals surface area contributed by atoms with Crippen LogP contribution in [0.4, 0.5) is 0 Å². The maximum absolute atomic E-state index is 11.8. The number of hydrogen-bond donors (Lipinski definition) is 0. The van der Waals surface area contributed by atoms with Crippen LogP contribution in [0, 0.1) is 0 Å². The van der Waals surface area contributed by atoms with Crippen LogP contribution in [-0.4, -0.2) is 18.5 Å². The van der Waals surface area contributed by atoms with Crippen LogP contribution in [0.15, 0.2) is 23.1 Å². The summed E-state index contributed by atoms with van der Waals surface area (Å²) in [6.07, 6.45) is 0. The van der Waals surface area contributed by atoms with Gasteiger partial charge in [0.05, 0.1) is 15.7 Å². The minimum Gasteiger partial charge on any atom is -0.224 e. The maximum atomic E-state index is 11.8. The summed E-state index contributed by atoms with van der Waals surface area (Å²) in [5.41, 5.74) is 0. The molecule has 7 heteroatoms. The number of benzene rings is 1. The molecule has 0 bridgehead atoms. The van der Waals surface area contributed by atoms with Crippen LogP contribution in [0.5, 0.6) is 0 Å². The molecule has 1 rings (SSSR count). The molecule has 0 N–H and O–H groups in total. The van der Waals surface area contributed by atoms with Crippen molar-refractivity contribution in [2.75, 3.05) is 5.75 Å². The molecular weight excluding hydrogens is 346 g/mol. The third-order valence-electron chi connectivity index (χ3n) is 1.57. The molecule has 0 aliphatic heterocycles. The van der Waals surface area contributed by atoms with Gasteiger partial charge in [-0.3, -0.25) is 0 Å². The maximum Gasteiger partial charge on any atom is 0.182 e. The Morgan fingerprint density at radius 3 is 2.47 bits per heavy atom. The van der Waals surface area contributed by atoms with Gasteiger partial charge in [-0.1, -0.05) is 39.1 Å². The number of halogens is 4. The molecule has 0 saturated heterocycles. The van der Waals surface area contributed by atoms with Crippen molar-refractivity contribution in [1.82, 2.24) is 0 Å². The minimum absolute atomic E-state index is 0.00164. The van der Waals surface area contributed by atoms with E-state index in [0.717, 1.165) is 0 Å². The monoisotopic (exact) mass is 350 g/mol. The van der Waals surface area contributed by atoms with Gasteiger partial charge in [0.15, 0.2) is 9.84 Å². The molecule has 2 nitrogen and oxygen atoms in total. The summed E-state index contributed by atoms with van der Waals surface area (Å²) in [5.74, 6) is -0.241. The quantitative estimate of drug-likeness (QED) is 0.777. The summed E-state index contributed by atoms with van der Waals surface area (Å²) in [6, 6.07) is 4.27. The second-order valence-electron chi connectivity index (χ2n) is 2.75. The Bertz CT molecular complexity index is 459. The Morgan fingerprint density at radius 1 is 1.33 bits per heavy atom. The summed E-state index contributed by atoms with van der Waals surface area (Å²) in [6.45, 7) is 0. The van der Waals surface area contributed by atoms with Crippen LogP contribution in [0.1, 0.15) is 0 Å². The molecule has 0 aromatic heterocycles. The van der Waals surface area contributed by atoms with Crippen LogP contribution < -0.4 is 0 Å². The first kappa shape index (κ1) is 13.6. The standard InChI is InChI=1S/C8H6BrCl3O2S/c9-8(12)4-15(13,14)7-3-5(10)1-2-6(7)11/h1-3,8H,4H2. The molecule has 0 amide bonds. The van der Waals surface area contributed by atoms with E-state index in [1.54, 1.807) is 0 Å². The van der Waals surface area contributed by atoms with Crippen LogP contribution in [0.25, 0.3) is 0 Å². The van der Waals surface area contributed by atoms with Gasteiger partial charge in [-0.25, -0.2) is 8.42 Å². The summed E-state index contributed by atoms with van der Waals surface area (Å²) >= 11 is 20.0. The van der Waals surface area contributed by atoms with Crippen LogP contribution in [-0.2, 0) is 9.84 Å². The van der Waals surface area contributed by atoms with E-state index in [0.29, 0.717) is 5.02 Å². The molecule has 1 atom stereocenters. The molecular formula is C8H6BrCl3O2S. The lowest BCUT2D eigenvalue weighted by atomic mass is 10.4. The zero-order valence-corrected chi connectivity index (χ0v) is 11.9. The average molecular weight is 352 g/mol. The van der Waals surface area contributed by atoms with Gasteiger partial charge in [-0.15, -0.1) is 11.6 Å². The Balaban J connectivity index is 3.21. The molecule has 0 aliphatic carbocycles. The van der Waals surface area contributed by atoms with E-state index in [1.807, 2.05) is 0 Å². The van der Waals surface area contributed by atoms with Crippen molar-refractivity contribution < 1.29 is 8.42 Å². The van der Waals surface area contributed by atoms with Crippen molar-refractivity contribution >= 4 is 60.6 Å². The molecule has 0 fully saturated rings. The molecule has 0 saturated carbocycles. The van der Waals surface area contributed by atoms with Crippen molar-refractivity contribution in [3.05, 3.63) is 28.2 Å². The highest BCUT2D eigenvalue weighted by molar-refractivity contribution is 9.10. The first-order valence-corrected chi connectivity index (χ1v) is 7.55. The number of sulfone groups is 1. The SMILES string of the molecule is O=S(=O)(CC(Cl)Br)c1cc(Cl)ccc1Cl. The molecule has 0 heterocycles. The first-order chi connectivity index (χ1) is 6.83. The predicted molar refractivity (Wildman–Crippen MR) is 67.1 cm³/mol. The fraction of sp³-hybridized carbons (Fsp3) is 0.250. The second kappa shape index (κ2) is 5.23. The van der Waals surface area contributed by atoms with Crippen LogP contribution in [0.2, 0.25) is 10.0 Å². The van der Waals surface area contributed by atoms with Crippen molar-refractivity contribution in [3.63, 3.8) is 0 Å². The predicted octanol–water partition coefficient (Wildman–Crippen LogP) is 3.73. The van der Waals surface area contributed by atoms with E-state index in [4.69, 9.17) is 34.8 Å². The zero-order chi connectivity index (χ0) is 11.6. The van der Waals surface area contributed by atoms with E-state index >= 15 is 0 Å². The highest BCUT2D eigenvalue weighted by atomic mass is 79.9. The Labute approximate surface area is 112 Å². The normalized spacial score (nSPS) is 13.9. The molecule has 1 aromatic rings. The van der Waals surface area contributed by atoms with E-state index in [1.165, 1.54) is 18.2 Å². The number of rotatable bonds is 3. The first-order valence-electron chi connectivity index (χ1n) is 3.79. The van der Waals surface area contributed by atoms with E-state index in [9.17, 15) is 8.42 Å². The van der Waals surface area contributed by atoms with Crippen molar-refractivity contribution in [3.8, 4) is 0 Å². The Morgan fingerprint density at radius 2 is 1.93 bits per heavy atom. The highest BCUT2D eigenvalue weighted by Crippen LogP contribution is 2.27. The van der Waals surface area contributed by atoms with Gasteiger partial charge in [-0.2, -0.15) is 0 Å². The Hall–Kier alpha value is 0.520. The molecule has 0 aliphatic rings. The molecule has 15 heavy (non-hydrogen) atoms. The number of alkyl halides is 2. The molecule has 84 valence electrons. The van der Waals surface area contributed by atoms with E-state index < -0.39 is 14.1 Å². The minimum atomic E-state index is -3.51. The van der Waals surface area contributed by atoms with Crippen molar-refractivity contribution in [2.45, 2.75) is 9.18 Å². The lowest BCUT2D eigenvalue weighted by Gasteiger charge is -2.07. The average Bonchev–Trinajstić information content (AvgIpc) is 2.06. The molecule has 0 spiro atoms. The van der Waals surface area contributed by atoms with E-state index in [2.05, 4.69) is 15.9 Å². The lowest BCUT2D eigenvalue weighted by Crippen LogP contribution is -2.12. The smallest absolute Gasteiger partial charge is 0.182 e. The van der Waals surface area contributed by atoms with Gasteiger partial charge in [-0.05, 0) is 18.2 Å². The largest absolute Gasteiger partial charge is 0.224 e. The van der Waals surface area contributed by atoms with Gasteiger partial charge in [0, 0.05) is 5.02 Å². The Kier molecular flexibility index (Phi) is 4.74. The highest BCUT2D eigenvalue weighted by Gasteiger charge is 2.21. The third-order valence-corrected chi connectivity index (χ3v) is 5.12. The molecule has 1 aromatic carbocycles. The lowest BCUT2D eigenvalue weighted by molar-refractivity contribution is 0.597. The van der Waals surface area contributed by atoms with Crippen molar-refractivity contribution in [2.24, 2.45) is 0 Å². The zero-order valence-electron chi connectivity index (χ0n) is 7.25. The summed E-state index contributed by atoms with van der Waals surface area (Å²) in [7, 11) is -3.51. The summed E-state index contributed by atoms with van der Waals surface area (Å²) < 4.78 is 22.9. The molecule has 1 unspecified atom stereocenters. The second-order valence-corrected chi connectivity index (χ2v) is 7.75. The van der Waals surface area contributed by atoms with Gasteiger partial charge < -0.3 is 0 Å². The fourth-order valence-electron chi connectivity index (χ4n) is 0.971. The van der Waals surface area contributed by atoms with E-state index in [-0.39, 0.29) is 15.7 Å². The van der Waals surface area contributed by atoms with Gasteiger partial charge in [0.2, 0.25) is 0 Å². The number of hydrogen-bond acceptors (Lipinski definition) is 2. The van der Waals surface area contributed by atoms with Crippen LogP contribution in [0.3, 0.4) is 0 Å². The van der Waals surface area contributed by atoms with Gasteiger partial charge in [0.1, 0.15) is 4.29 Å². The third kappa shape index (κ3) is 3.79. The summed E-state index contributed by atoms with van der Waals surface area (Å²) in [4.78, 5) is 0.00164. The summed E-state index contributed by atoms with van der Waals surface area (Å²) in [5, 5.41) is 0.461. The molecule has 0 radical (unpaired) electrons. The van der Waals surface area contributed by atoms with Crippen LogP contribution >= 0.6 is 50.7 Å². The van der Waals surface area contributed by atoms with Gasteiger partial charge in [0.25, 0.3) is 0 Å². The van der Waals surface area contributed by atoms with Crippen molar-refractivity contribution in [1.29, 1.82) is 0 Å². The van der Waals surface area contributed by atoms with Gasteiger partial charge >= 0.3 is 0 Å².